The Balaban J connectivity index is 3.84. The summed E-state index contributed by atoms with van der Waals surface area (Å²) in [5, 5.41) is 9.69. The number of hydrogen-bond acceptors (Lipinski definition) is 2. The highest BCUT2D eigenvalue weighted by Crippen LogP contribution is 2.13. The predicted octanol–water partition coefficient (Wildman–Crippen LogP) is 1.74. The Labute approximate surface area is 77.2 Å². The number of hydrogen-bond donors (Lipinski definition) is 2. The summed E-state index contributed by atoms with van der Waals surface area (Å²) in [4.78, 5) is 0. The molecule has 12 heavy (non-hydrogen) atoms. The minimum Gasteiger partial charge on any atom is -0.392 e. The molecule has 0 saturated carbocycles. The van der Waals surface area contributed by atoms with Crippen LogP contribution < -0.4 is 5.73 Å². The van der Waals surface area contributed by atoms with Gasteiger partial charge in [-0.3, -0.25) is 0 Å². The maximum absolute atomic E-state index is 9.69. The van der Waals surface area contributed by atoms with Crippen LogP contribution in [0.25, 0.3) is 0 Å². The SMILES string of the molecule is CCCC[C@@H](O)[C@@H](N)[Si](C)(C)C. The van der Waals surface area contributed by atoms with Crippen LogP contribution in [-0.4, -0.2) is 24.9 Å². The normalized spacial score (nSPS) is 17.5. The van der Waals surface area contributed by atoms with Crippen LogP contribution in [0.15, 0.2) is 0 Å². The van der Waals surface area contributed by atoms with E-state index in [1.54, 1.807) is 0 Å². The number of unbranched alkanes of at least 4 members (excludes halogenated alkanes) is 1. The fourth-order valence-corrected chi connectivity index (χ4v) is 2.49. The van der Waals surface area contributed by atoms with Gasteiger partial charge in [-0.05, 0) is 6.42 Å². The molecule has 0 heterocycles. The second kappa shape index (κ2) is 4.99. The summed E-state index contributed by atoms with van der Waals surface area (Å²) in [6.45, 7) is 8.74. The van der Waals surface area contributed by atoms with Crippen molar-refractivity contribution in [3.05, 3.63) is 0 Å². The lowest BCUT2D eigenvalue weighted by atomic mass is 10.1. The zero-order valence-electron chi connectivity index (χ0n) is 8.80. The fraction of sp³-hybridized carbons (Fsp3) is 1.00. The maximum atomic E-state index is 9.69. The van der Waals surface area contributed by atoms with Gasteiger partial charge in [0.25, 0.3) is 0 Å². The van der Waals surface area contributed by atoms with Crippen LogP contribution in [0, 0.1) is 0 Å². The lowest BCUT2D eigenvalue weighted by Crippen LogP contribution is -2.52. The molecule has 2 nitrogen and oxygen atoms in total. The number of aliphatic hydroxyl groups excluding tert-OH is 1. The zero-order chi connectivity index (χ0) is 9.78. The third kappa shape index (κ3) is 4.23. The molecule has 0 spiro atoms. The summed E-state index contributed by atoms with van der Waals surface area (Å²) in [7, 11) is -1.35. The van der Waals surface area contributed by atoms with Gasteiger partial charge in [-0.2, -0.15) is 0 Å². The second-order valence-corrected chi connectivity index (χ2v) is 10.0. The van der Waals surface area contributed by atoms with E-state index in [0.29, 0.717) is 0 Å². The van der Waals surface area contributed by atoms with Gasteiger partial charge in [0.2, 0.25) is 0 Å². The van der Waals surface area contributed by atoms with Crippen molar-refractivity contribution >= 4 is 8.07 Å². The maximum Gasteiger partial charge on any atom is 0.0665 e. The van der Waals surface area contributed by atoms with Crippen molar-refractivity contribution in [3.8, 4) is 0 Å². The van der Waals surface area contributed by atoms with Crippen molar-refractivity contribution in [1.82, 2.24) is 0 Å². The van der Waals surface area contributed by atoms with Gasteiger partial charge in [0.1, 0.15) is 0 Å². The molecule has 3 N–H and O–H groups in total. The Morgan fingerprint density at radius 3 is 2.17 bits per heavy atom. The quantitative estimate of drug-likeness (QED) is 0.647. The molecule has 0 saturated heterocycles. The van der Waals surface area contributed by atoms with Gasteiger partial charge in [0.05, 0.1) is 14.2 Å². The Morgan fingerprint density at radius 2 is 1.83 bits per heavy atom. The van der Waals surface area contributed by atoms with Crippen LogP contribution in [0.3, 0.4) is 0 Å². The molecule has 0 aromatic carbocycles. The molecule has 0 aromatic heterocycles. The second-order valence-electron chi connectivity index (χ2n) is 4.60. The average Bonchev–Trinajstić information content (AvgIpc) is 1.97. The standard InChI is InChI=1S/C9H23NOSi/c1-5-6-7-8(11)9(10)12(2,3)4/h8-9,11H,5-7,10H2,1-4H3/t8-,9+/m1/s1. The Morgan fingerprint density at radius 1 is 1.33 bits per heavy atom. The summed E-state index contributed by atoms with van der Waals surface area (Å²) >= 11 is 0. The molecule has 0 aromatic rings. The summed E-state index contributed by atoms with van der Waals surface area (Å²) in [6, 6.07) is 0. The lowest BCUT2D eigenvalue weighted by Gasteiger charge is -2.29. The topological polar surface area (TPSA) is 46.2 Å². The molecule has 2 atom stereocenters. The molecular formula is C9H23NOSi. The monoisotopic (exact) mass is 189 g/mol. The van der Waals surface area contributed by atoms with Crippen LogP contribution in [0.5, 0.6) is 0 Å². The molecular weight excluding hydrogens is 166 g/mol. The highest BCUT2D eigenvalue weighted by atomic mass is 28.3. The van der Waals surface area contributed by atoms with Gasteiger partial charge in [0.15, 0.2) is 0 Å². The average molecular weight is 189 g/mol. The molecule has 0 bridgehead atoms. The molecule has 74 valence electrons. The van der Waals surface area contributed by atoms with Crippen LogP contribution in [0.4, 0.5) is 0 Å². The summed E-state index contributed by atoms with van der Waals surface area (Å²) in [5.74, 6) is 0. The largest absolute Gasteiger partial charge is 0.392 e. The predicted molar refractivity (Wildman–Crippen MR) is 56.9 cm³/mol. The summed E-state index contributed by atoms with van der Waals surface area (Å²) in [6.07, 6.45) is 2.80. The van der Waals surface area contributed by atoms with Gasteiger partial charge >= 0.3 is 0 Å². The highest BCUT2D eigenvalue weighted by Gasteiger charge is 2.28. The molecule has 0 aliphatic carbocycles. The van der Waals surface area contributed by atoms with Crippen LogP contribution in [0.1, 0.15) is 26.2 Å². The molecule has 3 heteroatoms. The van der Waals surface area contributed by atoms with Crippen LogP contribution >= 0.6 is 0 Å². The van der Waals surface area contributed by atoms with Crippen molar-refractivity contribution in [3.63, 3.8) is 0 Å². The zero-order valence-corrected chi connectivity index (χ0v) is 9.80. The number of rotatable bonds is 5. The number of nitrogens with two attached hydrogens (primary N) is 1. The van der Waals surface area contributed by atoms with Gasteiger partial charge in [-0.15, -0.1) is 0 Å². The summed E-state index contributed by atoms with van der Waals surface area (Å²) in [5.41, 5.74) is 5.98. The first-order valence-corrected chi connectivity index (χ1v) is 8.41. The first kappa shape index (κ1) is 12.1. The van der Waals surface area contributed by atoms with E-state index in [2.05, 4.69) is 26.6 Å². The molecule has 0 unspecified atom stereocenters. The third-order valence-electron chi connectivity index (χ3n) is 2.27. The van der Waals surface area contributed by atoms with Crippen molar-refractivity contribution in [2.45, 2.75) is 57.6 Å². The smallest absolute Gasteiger partial charge is 0.0665 e. The Hall–Kier alpha value is 0.137. The summed E-state index contributed by atoms with van der Waals surface area (Å²) < 4.78 is 0. The van der Waals surface area contributed by atoms with Crippen molar-refractivity contribution in [2.75, 3.05) is 0 Å². The van der Waals surface area contributed by atoms with Gasteiger partial charge < -0.3 is 10.8 Å². The van der Waals surface area contributed by atoms with Gasteiger partial charge in [-0.25, -0.2) is 0 Å². The highest BCUT2D eigenvalue weighted by molar-refractivity contribution is 6.77. The minimum atomic E-state index is -1.35. The van der Waals surface area contributed by atoms with E-state index in [1.165, 1.54) is 0 Å². The molecule has 0 aliphatic rings. The van der Waals surface area contributed by atoms with Crippen LogP contribution in [-0.2, 0) is 0 Å². The minimum absolute atomic E-state index is 0.0315. The Kier molecular flexibility index (Phi) is 5.05. The van der Waals surface area contributed by atoms with E-state index in [0.717, 1.165) is 19.3 Å². The molecule has 0 aliphatic heterocycles. The molecule has 0 fully saturated rings. The van der Waals surface area contributed by atoms with Crippen LogP contribution in [0.2, 0.25) is 19.6 Å². The van der Waals surface area contributed by atoms with Crippen molar-refractivity contribution in [2.24, 2.45) is 5.73 Å². The first-order chi connectivity index (χ1) is 5.39. The van der Waals surface area contributed by atoms with E-state index in [1.807, 2.05) is 0 Å². The van der Waals surface area contributed by atoms with Gasteiger partial charge in [0, 0.05) is 5.67 Å². The van der Waals surface area contributed by atoms with E-state index in [9.17, 15) is 5.11 Å². The third-order valence-corrected chi connectivity index (χ3v) is 4.65. The van der Waals surface area contributed by atoms with E-state index >= 15 is 0 Å². The van der Waals surface area contributed by atoms with E-state index < -0.39 is 8.07 Å². The van der Waals surface area contributed by atoms with E-state index in [4.69, 9.17) is 5.73 Å². The van der Waals surface area contributed by atoms with Gasteiger partial charge in [-0.1, -0.05) is 39.4 Å². The molecule has 0 radical (unpaired) electrons. The Bertz CT molecular complexity index is 122. The molecule has 0 rings (SSSR count). The lowest BCUT2D eigenvalue weighted by molar-refractivity contribution is 0.154. The van der Waals surface area contributed by atoms with E-state index in [-0.39, 0.29) is 11.8 Å². The molecule has 0 amide bonds. The van der Waals surface area contributed by atoms with Crippen molar-refractivity contribution in [1.29, 1.82) is 0 Å². The number of aliphatic hydroxyl groups is 1. The fourth-order valence-electron chi connectivity index (χ4n) is 1.17. The van der Waals surface area contributed by atoms with Crippen molar-refractivity contribution < 1.29 is 5.11 Å². The first-order valence-electron chi connectivity index (χ1n) is 4.83.